The molecule has 3 aromatic rings. The van der Waals surface area contributed by atoms with Crippen LogP contribution in [0, 0.1) is 25.6 Å². The van der Waals surface area contributed by atoms with Gasteiger partial charge in [-0.25, -0.2) is 12.8 Å². The van der Waals surface area contributed by atoms with Gasteiger partial charge in [-0.15, -0.1) is 0 Å². The van der Waals surface area contributed by atoms with Crippen molar-refractivity contribution in [2.24, 2.45) is 5.92 Å². The summed E-state index contributed by atoms with van der Waals surface area (Å²) in [5.74, 6) is -1.14. The van der Waals surface area contributed by atoms with Gasteiger partial charge in [-0.05, 0) is 73.7 Å². The molecule has 1 atom stereocenters. The molecule has 0 aliphatic rings. The minimum atomic E-state index is -4.13. The van der Waals surface area contributed by atoms with E-state index in [1.165, 1.54) is 41.3 Å². The number of anilines is 1. The van der Waals surface area contributed by atoms with E-state index in [0.29, 0.717) is 23.4 Å². The van der Waals surface area contributed by atoms with E-state index in [9.17, 15) is 22.4 Å². The smallest absolute Gasteiger partial charge is 0.264 e. The normalized spacial score (nSPS) is 12.2. The van der Waals surface area contributed by atoms with E-state index in [1.54, 1.807) is 44.2 Å². The molecule has 7 nitrogen and oxygen atoms in total. The molecule has 208 valence electrons. The highest BCUT2D eigenvalue weighted by atomic mass is 32.2. The molecular weight excluding hydrogens is 517 g/mol. The van der Waals surface area contributed by atoms with Crippen molar-refractivity contribution in [3.05, 3.63) is 95.3 Å². The van der Waals surface area contributed by atoms with Crippen LogP contribution in [0.25, 0.3) is 0 Å². The number of nitrogens with one attached hydrogen (secondary N) is 1. The van der Waals surface area contributed by atoms with Crippen LogP contribution >= 0.6 is 0 Å². The van der Waals surface area contributed by atoms with Crippen LogP contribution in [0.5, 0.6) is 0 Å². The van der Waals surface area contributed by atoms with E-state index in [-0.39, 0.29) is 23.3 Å². The number of sulfonamides is 1. The average molecular weight is 554 g/mol. The molecule has 0 aliphatic heterocycles. The lowest BCUT2D eigenvalue weighted by molar-refractivity contribution is -0.139. The number of nitrogens with zero attached hydrogens (tertiary/aromatic N) is 2. The predicted octanol–water partition coefficient (Wildman–Crippen LogP) is 4.83. The molecule has 9 heteroatoms. The first-order chi connectivity index (χ1) is 18.4. The maximum absolute atomic E-state index is 13.9. The van der Waals surface area contributed by atoms with Crippen molar-refractivity contribution in [1.82, 2.24) is 10.2 Å². The van der Waals surface area contributed by atoms with Crippen molar-refractivity contribution in [2.75, 3.05) is 17.4 Å². The summed E-state index contributed by atoms with van der Waals surface area (Å²) in [4.78, 5) is 28.3. The molecule has 0 spiro atoms. The van der Waals surface area contributed by atoms with Crippen LogP contribution in [0.3, 0.4) is 0 Å². The second-order valence-electron chi connectivity index (χ2n) is 10.1. The molecule has 1 N–H and O–H groups in total. The molecule has 0 heterocycles. The van der Waals surface area contributed by atoms with E-state index >= 15 is 0 Å². The summed E-state index contributed by atoms with van der Waals surface area (Å²) < 4.78 is 42.4. The van der Waals surface area contributed by atoms with Gasteiger partial charge in [0.05, 0.1) is 10.6 Å². The van der Waals surface area contributed by atoms with Crippen LogP contribution in [0.1, 0.15) is 37.5 Å². The minimum absolute atomic E-state index is 0.00139. The maximum atomic E-state index is 13.9. The molecule has 0 aliphatic carbocycles. The van der Waals surface area contributed by atoms with Gasteiger partial charge in [-0.1, -0.05) is 56.3 Å². The number of aryl methyl sites for hydroxylation is 2. The number of carbonyl (C=O) groups is 2. The summed E-state index contributed by atoms with van der Waals surface area (Å²) in [6.45, 7) is 9.06. The highest BCUT2D eigenvalue weighted by Gasteiger charge is 2.33. The van der Waals surface area contributed by atoms with Crippen molar-refractivity contribution in [3.8, 4) is 0 Å². The minimum Gasteiger partial charge on any atom is -0.354 e. The maximum Gasteiger partial charge on any atom is 0.264 e. The molecule has 0 saturated heterocycles. The first kappa shape index (κ1) is 29.8. The SMILES string of the molecule is Cc1ccc(C)c(N(CC(=O)N(Cc2ccc(F)cc2)[C@H](C)C(=O)NCC(C)C)S(=O)(=O)c2ccccc2)c1. The van der Waals surface area contributed by atoms with Crippen LogP contribution in [-0.2, 0) is 26.2 Å². The topological polar surface area (TPSA) is 86.8 Å². The lowest BCUT2D eigenvalue weighted by Crippen LogP contribution is -2.51. The largest absolute Gasteiger partial charge is 0.354 e. The van der Waals surface area contributed by atoms with Gasteiger partial charge in [0.25, 0.3) is 10.0 Å². The molecule has 2 amide bonds. The van der Waals surface area contributed by atoms with Gasteiger partial charge < -0.3 is 10.2 Å². The van der Waals surface area contributed by atoms with Gasteiger partial charge in [-0.2, -0.15) is 0 Å². The molecule has 3 rings (SSSR count). The molecule has 0 saturated carbocycles. The second kappa shape index (κ2) is 12.9. The van der Waals surface area contributed by atoms with E-state index in [4.69, 9.17) is 0 Å². The van der Waals surface area contributed by atoms with Gasteiger partial charge in [0.2, 0.25) is 11.8 Å². The first-order valence-electron chi connectivity index (χ1n) is 12.9. The van der Waals surface area contributed by atoms with E-state index in [0.717, 1.165) is 9.87 Å². The lowest BCUT2D eigenvalue weighted by atomic mass is 10.1. The number of hydrogen-bond acceptors (Lipinski definition) is 4. The van der Waals surface area contributed by atoms with Gasteiger partial charge in [0, 0.05) is 13.1 Å². The molecule has 0 aromatic heterocycles. The number of carbonyl (C=O) groups excluding carboxylic acids is 2. The van der Waals surface area contributed by atoms with Crippen molar-refractivity contribution >= 4 is 27.5 Å². The second-order valence-corrected chi connectivity index (χ2v) is 11.9. The standard InChI is InChI=1S/C30H36FN3O4S/c1-21(2)18-32-30(36)24(5)33(19-25-13-15-26(31)16-14-25)29(35)20-34(28-17-22(3)11-12-23(28)4)39(37,38)27-9-7-6-8-10-27/h6-17,21,24H,18-20H2,1-5H3,(H,32,36)/t24-/m1/s1. The molecule has 0 fully saturated rings. The van der Waals surface area contributed by atoms with Crippen LogP contribution in [0.4, 0.5) is 10.1 Å². The quantitative estimate of drug-likeness (QED) is 0.369. The third-order valence-corrected chi connectivity index (χ3v) is 8.14. The summed E-state index contributed by atoms with van der Waals surface area (Å²) in [5.41, 5.74) is 2.50. The molecule has 3 aromatic carbocycles. The molecule has 39 heavy (non-hydrogen) atoms. The Bertz CT molecular complexity index is 1390. The van der Waals surface area contributed by atoms with Crippen LogP contribution in [-0.4, -0.2) is 44.3 Å². The Hall–Kier alpha value is -3.72. The van der Waals surface area contributed by atoms with E-state index in [2.05, 4.69) is 5.32 Å². The van der Waals surface area contributed by atoms with E-state index in [1.807, 2.05) is 26.8 Å². The Kier molecular flexibility index (Phi) is 9.86. The number of halogens is 1. The van der Waals surface area contributed by atoms with Crippen LogP contribution in [0.2, 0.25) is 0 Å². The first-order valence-corrected chi connectivity index (χ1v) is 14.3. The zero-order valence-corrected chi connectivity index (χ0v) is 23.8. The van der Waals surface area contributed by atoms with Crippen LogP contribution < -0.4 is 9.62 Å². The number of amides is 2. The van der Waals surface area contributed by atoms with Gasteiger partial charge in [0.1, 0.15) is 18.4 Å². The van der Waals surface area contributed by atoms with Crippen LogP contribution in [0.15, 0.2) is 77.7 Å². The monoisotopic (exact) mass is 553 g/mol. The summed E-state index contributed by atoms with van der Waals surface area (Å²) in [5, 5.41) is 2.85. The van der Waals surface area contributed by atoms with E-state index < -0.39 is 34.3 Å². The summed E-state index contributed by atoms with van der Waals surface area (Å²) in [6.07, 6.45) is 0. The third kappa shape index (κ3) is 7.66. The van der Waals surface area contributed by atoms with Gasteiger partial charge >= 0.3 is 0 Å². The summed E-state index contributed by atoms with van der Waals surface area (Å²) in [6, 6.07) is 18.1. The highest BCUT2D eigenvalue weighted by molar-refractivity contribution is 7.92. The number of benzene rings is 3. The average Bonchev–Trinajstić information content (AvgIpc) is 2.91. The Morgan fingerprint density at radius 3 is 2.18 bits per heavy atom. The number of hydrogen-bond donors (Lipinski definition) is 1. The summed E-state index contributed by atoms with van der Waals surface area (Å²) >= 11 is 0. The van der Waals surface area contributed by atoms with Crippen molar-refractivity contribution < 1.29 is 22.4 Å². The summed E-state index contributed by atoms with van der Waals surface area (Å²) in [7, 11) is -4.13. The Balaban J connectivity index is 2.03. The lowest BCUT2D eigenvalue weighted by Gasteiger charge is -2.32. The molecular formula is C30H36FN3O4S. The number of rotatable bonds is 11. The Labute approximate surface area is 230 Å². The zero-order chi connectivity index (χ0) is 28.7. The fourth-order valence-electron chi connectivity index (χ4n) is 4.04. The fraction of sp³-hybridized carbons (Fsp3) is 0.333. The third-order valence-electron chi connectivity index (χ3n) is 6.36. The van der Waals surface area contributed by atoms with Crippen molar-refractivity contribution in [2.45, 2.75) is 52.1 Å². The molecule has 0 radical (unpaired) electrons. The Morgan fingerprint density at radius 2 is 1.56 bits per heavy atom. The van der Waals surface area contributed by atoms with Gasteiger partial charge in [0.15, 0.2) is 0 Å². The zero-order valence-electron chi connectivity index (χ0n) is 23.0. The van der Waals surface area contributed by atoms with Gasteiger partial charge in [-0.3, -0.25) is 13.9 Å². The predicted molar refractivity (Wildman–Crippen MR) is 151 cm³/mol. The van der Waals surface area contributed by atoms with Crippen molar-refractivity contribution in [1.29, 1.82) is 0 Å². The highest BCUT2D eigenvalue weighted by Crippen LogP contribution is 2.28. The fourth-order valence-corrected chi connectivity index (χ4v) is 5.53. The Morgan fingerprint density at radius 1 is 0.923 bits per heavy atom. The van der Waals surface area contributed by atoms with Crippen molar-refractivity contribution in [3.63, 3.8) is 0 Å². The molecule has 0 unspecified atom stereocenters. The molecule has 0 bridgehead atoms.